The van der Waals surface area contributed by atoms with Crippen molar-refractivity contribution >= 4 is 27.5 Å². The van der Waals surface area contributed by atoms with Crippen molar-refractivity contribution < 1.29 is 4.39 Å². The Morgan fingerprint density at radius 2 is 2.11 bits per heavy atom. The Hall–Kier alpha value is -0.850. The van der Waals surface area contributed by atoms with E-state index in [0.29, 0.717) is 5.56 Å². The minimum Gasteiger partial charge on any atom is -0.308 e. The summed E-state index contributed by atoms with van der Waals surface area (Å²) in [6, 6.07) is 4.72. The highest BCUT2D eigenvalue weighted by molar-refractivity contribution is 9.10. The van der Waals surface area contributed by atoms with Crippen LogP contribution in [0.2, 0.25) is 0 Å². The number of benzene rings is 1. The molecular weight excluding hydrogens is 329 g/mol. The zero-order chi connectivity index (χ0) is 14.0. The first kappa shape index (κ1) is 14.6. The molecule has 0 spiro atoms. The predicted octanol–water partition coefficient (Wildman–Crippen LogP) is 3.87. The van der Waals surface area contributed by atoms with E-state index in [1.54, 1.807) is 12.1 Å². The lowest BCUT2D eigenvalue weighted by atomic mass is 10.00. The van der Waals surface area contributed by atoms with Gasteiger partial charge in [-0.3, -0.25) is 0 Å². The van der Waals surface area contributed by atoms with Gasteiger partial charge in [0.2, 0.25) is 0 Å². The molecular formula is C13H15BrFN3S. The largest absolute Gasteiger partial charge is 0.308 e. The quantitative estimate of drug-likeness (QED) is 0.915. The van der Waals surface area contributed by atoms with Crippen LogP contribution in [-0.2, 0) is 0 Å². The summed E-state index contributed by atoms with van der Waals surface area (Å²) in [4.78, 5) is 0.967. The standard InChI is InChI=1S/C13H15BrFN3S/c1-7(2)11-13(19-18-17-11)12(16-3)9-6-8(14)4-5-10(9)15/h4-7,12,16H,1-3H3. The Balaban J connectivity index is 2.50. The second-order valence-electron chi connectivity index (χ2n) is 4.56. The average Bonchev–Trinajstić information content (AvgIpc) is 2.84. The van der Waals surface area contributed by atoms with E-state index in [2.05, 4.69) is 44.7 Å². The molecule has 1 atom stereocenters. The summed E-state index contributed by atoms with van der Waals surface area (Å²) in [5, 5.41) is 7.31. The molecule has 1 N–H and O–H groups in total. The number of nitrogens with zero attached hydrogens (tertiary/aromatic N) is 2. The highest BCUT2D eigenvalue weighted by Crippen LogP contribution is 2.32. The van der Waals surface area contributed by atoms with Gasteiger partial charge in [0.25, 0.3) is 0 Å². The van der Waals surface area contributed by atoms with Gasteiger partial charge in [0.1, 0.15) is 5.82 Å². The van der Waals surface area contributed by atoms with E-state index in [1.807, 2.05) is 7.05 Å². The lowest BCUT2D eigenvalue weighted by Gasteiger charge is -2.18. The normalized spacial score (nSPS) is 12.9. The van der Waals surface area contributed by atoms with Gasteiger partial charge in [0.05, 0.1) is 16.6 Å². The van der Waals surface area contributed by atoms with Gasteiger partial charge in [-0.15, -0.1) is 5.10 Å². The number of hydrogen-bond donors (Lipinski definition) is 1. The Morgan fingerprint density at radius 3 is 2.74 bits per heavy atom. The number of hydrogen-bond acceptors (Lipinski definition) is 4. The van der Waals surface area contributed by atoms with Gasteiger partial charge in [-0.25, -0.2) is 4.39 Å². The maximum Gasteiger partial charge on any atom is 0.128 e. The number of halogens is 2. The van der Waals surface area contributed by atoms with Crippen molar-refractivity contribution in [2.75, 3.05) is 7.05 Å². The molecule has 1 aromatic carbocycles. The van der Waals surface area contributed by atoms with E-state index in [1.165, 1.54) is 17.6 Å². The van der Waals surface area contributed by atoms with Crippen molar-refractivity contribution in [3.8, 4) is 0 Å². The van der Waals surface area contributed by atoms with Crippen molar-refractivity contribution in [3.05, 3.63) is 44.6 Å². The van der Waals surface area contributed by atoms with Crippen molar-refractivity contribution in [1.82, 2.24) is 14.9 Å². The molecule has 6 heteroatoms. The molecule has 3 nitrogen and oxygen atoms in total. The van der Waals surface area contributed by atoms with Crippen molar-refractivity contribution in [2.45, 2.75) is 25.8 Å². The fourth-order valence-corrected chi connectivity index (χ4v) is 3.28. The molecule has 1 aromatic heterocycles. The van der Waals surface area contributed by atoms with E-state index in [-0.39, 0.29) is 17.8 Å². The van der Waals surface area contributed by atoms with Crippen LogP contribution in [0.25, 0.3) is 0 Å². The van der Waals surface area contributed by atoms with Crippen LogP contribution >= 0.6 is 27.5 Å². The maximum atomic E-state index is 14.0. The first-order valence-electron chi connectivity index (χ1n) is 5.99. The van der Waals surface area contributed by atoms with Crippen LogP contribution in [0, 0.1) is 5.82 Å². The molecule has 0 fully saturated rings. The highest BCUT2D eigenvalue weighted by Gasteiger charge is 2.23. The van der Waals surface area contributed by atoms with Gasteiger partial charge in [0.15, 0.2) is 0 Å². The summed E-state index contributed by atoms with van der Waals surface area (Å²) in [5.74, 6) is 0.0328. The molecule has 19 heavy (non-hydrogen) atoms. The van der Waals surface area contributed by atoms with Crippen molar-refractivity contribution in [3.63, 3.8) is 0 Å². The van der Waals surface area contributed by atoms with E-state index in [4.69, 9.17) is 0 Å². The molecule has 0 aliphatic rings. The zero-order valence-corrected chi connectivity index (χ0v) is 13.3. The molecule has 2 rings (SSSR count). The van der Waals surface area contributed by atoms with E-state index >= 15 is 0 Å². The Bertz CT molecular complexity index is 571. The van der Waals surface area contributed by atoms with Gasteiger partial charge in [-0.2, -0.15) is 0 Å². The zero-order valence-electron chi connectivity index (χ0n) is 10.9. The molecule has 0 aliphatic carbocycles. The lowest BCUT2D eigenvalue weighted by Crippen LogP contribution is -2.19. The summed E-state index contributed by atoms with van der Waals surface area (Å²) < 4.78 is 18.9. The van der Waals surface area contributed by atoms with Crippen molar-refractivity contribution in [2.24, 2.45) is 0 Å². The summed E-state index contributed by atoms with van der Waals surface area (Å²) >= 11 is 4.70. The molecule has 0 bridgehead atoms. The topological polar surface area (TPSA) is 37.8 Å². The molecule has 0 amide bonds. The minimum atomic E-state index is -0.231. The van der Waals surface area contributed by atoms with Crippen LogP contribution in [0.4, 0.5) is 4.39 Å². The van der Waals surface area contributed by atoms with Gasteiger partial charge < -0.3 is 5.32 Å². The summed E-state index contributed by atoms with van der Waals surface area (Å²) in [6.07, 6.45) is 0. The van der Waals surface area contributed by atoms with Gasteiger partial charge >= 0.3 is 0 Å². The first-order valence-corrected chi connectivity index (χ1v) is 7.55. The SMILES string of the molecule is CNC(c1cc(Br)ccc1F)c1snnc1C(C)C. The average molecular weight is 344 g/mol. The lowest BCUT2D eigenvalue weighted by molar-refractivity contribution is 0.575. The maximum absolute atomic E-state index is 14.0. The predicted molar refractivity (Wildman–Crippen MR) is 79.0 cm³/mol. The molecule has 0 saturated heterocycles. The van der Waals surface area contributed by atoms with Crippen LogP contribution in [0.1, 0.15) is 41.9 Å². The van der Waals surface area contributed by atoms with Crippen molar-refractivity contribution in [1.29, 1.82) is 0 Å². The molecule has 1 heterocycles. The fourth-order valence-electron chi connectivity index (χ4n) is 1.97. The number of rotatable bonds is 4. The Morgan fingerprint density at radius 1 is 1.37 bits per heavy atom. The molecule has 0 radical (unpaired) electrons. The third kappa shape index (κ3) is 3.01. The molecule has 1 unspecified atom stereocenters. The second-order valence-corrected chi connectivity index (χ2v) is 6.27. The minimum absolute atomic E-state index is 0.227. The monoisotopic (exact) mass is 343 g/mol. The van der Waals surface area contributed by atoms with E-state index in [9.17, 15) is 4.39 Å². The molecule has 0 saturated carbocycles. The summed E-state index contributed by atoms with van der Waals surface area (Å²) in [5.41, 5.74) is 1.52. The third-order valence-electron chi connectivity index (χ3n) is 2.91. The third-order valence-corrected chi connectivity index (χ3v) is 4.21. The smallest absolute Gasteiger partial charge is 0.128 e. The number of aromatic nitrogens is 2. The van der Waals surface area contributed by atoms with Crippen LogP contribution in [0.3, 0.4) is 0 Å². The van der Waals surface area contributed by atoms with E-state index < -0.39 is 0 Å². The van der Waals surface area contributed by atoms with Crippen LogP contribution in [-0.4, -0.2) is 16.6 Å². The number of nitrogens with one attached hydrogen (secondary N) is 1. The highest BCUT2D eigenvalue weighted by atomic mass is 79.9. The Labute approximate surface area is 124 Å². The fraction of sp³-hybridized carbons (Fsp3) is 0.385. The Kier molecular flexibility index (Phi) is 4.65. The van der Waals surface area contributed by atoms with Gasteiger partial charge in [-0.1, -0.05) is 34.3 Å². The summed E-state index contributed by atoms with van der Waals surface area (Å²) in [7, 11) is 1.81. The second kappa shape index (κ2) is 6.07. The van der Waals surface area contributed by atoms with Crippen LogP contribution in [0.5, 0.6) is 0 Å². The van der Waals surface area contributed by atoms with Crippen LogP contribution < -0.4 is 5.32 Å². The summed E-state index contributed by atoms with van der Waals surface area (Å²) in [6.45, 7) is 4.12. The molecule has 102 valence electrons. The van der Waals surface area contributed by atoms with E-state index in [0.717, 1.165) is 15.0 Å². The van der Waals surface area contributed by atoms with Gasteiger partial charge in [-0.05, 0) is 42.7 Å². The molecule has 2 aromatic rings. The first-order chi connectivity index (χ1) is 9.04. The molecule has 0 aliphatic heterocycles. The van der Waals surface area contributed by atoms with Crippen LogP contribution in [0.15, 0.2) is 22.7 Å². The van der Waals surface area contributed by atoms with Gasteiger partial charge in [0, 0.05) is 10.0 Å².